The SMILES string of the molecule is COC(=O)C1(CNc2cccc(C(=O)O)n2)CCCCC1. The highest BCUT2D eigenvalue weighted by molar-refractivity contribution is 5.85. The van der Waals surface area contributed by atoms with E-state index in [2.05, 4.69) is 10.3 Å². The van der Waals surface area contributed by atoms with Crippen LogP contribution in [0.2, 0.25) is 0 Å². The first-order valence-electron chi connectivity index (χ1n) is 7.10. The zero-order valence-electron chi connectivity index (χ0n) is 12.1. The number of carboxylic acids is 1. The van der Waals surface area contributed by atoms with Gasteiger partial charge in [0.2, 0.25) is 0 Å². The molecule has 0 saturated heterocycles. The van der Waals surface area contributed by atoms with Gasteiger partial charge in [0, 0.05) is 6.54 Å². The van der Waals surface area contributed by atoms with E-state index < -0.39 is 11.4 Å². The average Bonchev–Trinajstić information content (AvgIpc) is 2.53. The summed E-state index contributed by atoms with van der Waals surface area (Å²) in [5, 5.41) is 12.0. The molecular weight excluding hydrogens is 272 g/mol. The molecule has 6 nitrogen and oxygen atoms in total. The predicted octanol–water partition coefficient (Wildman–Crippen LogP) is 2.32. The molecule has 1 aliphatic rings. The summed E-state index contributed by atoms with van der Waals surface area (Å²) < 4.78 is 4.95. The van der Waals surface area contributed by atoms with E-state index in [-0.39, 0.29) is 11.7 Å². The largest absolute Gasteiger partial charge is 0.477 e. The van der Waals surface area contributed by atoms with Gasteiger partial charge in [-0.1, -0.05) is 25.3 Å². The van der Waals surface area contributed by atoms with Crippen molar-refractivity contribution in [3.05, 3.63) is 23.9 Å². The monoisotopic (exact) mass is 292 g/mol. The molecule has 1 heterocycles. The van der Waals surface area contributed by atoms with Crippen molar-refractivity contribution < 1.29 is 19.4 Å². The van der Waals surface area contributed by atoms with Gasteiger partial charge in [-0.2, -0.15) is 0 Å². The van der Waals surface area contributed by atoms with E-state index in [1.54, 1.807) is 12.1 Å². The van der Waals surface area contributed by atoms with Gasteiger partial charge in [0.1, 0.15) is 5.82 Å². The van der Waals surface area contributed by atoms with Crippen molar-refractivity contribution in [3.8, 4) is 0 Å². The topological polar surface area (TPSA) is 88.5 Å². The Morgan fingerprint density at radius 3 is 2.67 bits per heavy atom. The third kappa shape index (κ3) is 3.51. The highest BCUT2D eigenvalue weighted by Gasteiger charge is 2.40. The Bertz CT molecular complexity index is 524. The van der Waals surface area contributed by atoms with Gasteiger partial charge in [0.15, 0.2) is 5.69 Å². The standard InChI is InChI=1S/C15H20N2O4/c1-21-14(20)15(8-3-2-4-9-15)10-16-12-7-5-6-11(17-12)13(18)19/h5-7H,2-4,8-10H2,1H3,(H,16,17)(H,18,19). The fourth-order valence-electron chi connectivity index (χ4n) is 2.81. The summed E-state index contributed by atoms with van der Waals surface area (Å²) in [5.74, 6) is -0.813. The molecule has 1 saturated carbocycles. The minimum atomic E-state index is -1.07. The molecule has 0 atom stereocenters. The van der Waals surface area contributed by atoms with E-state index in [9.17, 15) is 9.59 Å². The number of carboxylic acid groups (broad SMARTS) is 1. The number of rotatable bonds is 5. The predicted molar refractivity (Wildman–Crippen MR) is 77.2 cm³/mol. The number of nitrogens with one attached hydrogen (secondary N) is 1. The quantitative estimate of drug-likeness (QED) is 0.810. The maximum absolute atomic E-state index is 12.1. The lowest BCUT2D eigenvalue weighted by atomic mass is 9.74. The van der Waals surface area contributed by atoms with E-state index in [0.717, 1.165) is 32.1 Å². The van der Waals surface area contributed by atoms with Crippen LogP contribution in [0.5, 0.6) is 0 Å². The molecule has 114 valence electrons. The van der Waals surface area contributed by atoms with E-state index in [1.165, 1.54) is 13.2 Å². The van der Waals surface area contributed by atoms with E-state index in [4.69, 9.17) is 9.84 Å². The first kappa shape index (κ1) is 15.3. The van der Waals surface area contributed by atoms with Gasteiger partial charge in [-0.25, -0.2) is 9.78 Å². The number of nitrogens with zero attached hydrogens (tertiary/aromatic N) is 1. The van der Waals surface area contributed by atoms with Crippen LogP contribution in [0.4, 0.5) is 5.82 Å². The van der Waals surface area contributed by atoms with E-state index in [1.807, 2.05) is 0 Å². The van der Waals surface area contributed by atoms with Crippen LogP contribution in [0.15, 0.2) is 18.2 Å². The second kappa shape index (κ2) is 6.56. The highest BCUT2D eigenvalue weighted by Crippen LogP contribution is 2.37. The lowest BCUT2D eigenvalue weighted by molar-refractivity contribution is -0.153. The Labute approximate surface area is 123 Å². The van der Waals surface area contributed by atoms with E-state index >= 15 is 0 Å². The third-order valence-corrected chi connectivity index (χ3v) is 4.01. The number of carbonyl (C=O) groups is 2. The zero-order valence-corrected chi connectivity index (χ0v) is 12.1. The van der Waals surface area contributed by atoms with Crippen LogP contribution in [-0.4, -0.2) is 35.7 Å². The maximum Gasteiger partial charge on any atom is 0.354 e. The van der Waals surface area contributed by atoms with Crippen molar-refractivity contribution in [1.82, 2.24) is 4.98 Å². The van der Waals surface area contributed by atoms with Crippen molar-refractivity contribution in [2.75, 3.05) is 19.0 Å². The first-order chi connectivity index (χ1) is 10.1. The minimum Gasteiger partial charge on any atom is -0.477 e. The number of ether oxygens (including phenoxy) is 1. The molecule has 0 spiro atoms. The lowest BCUT2D eigenvalue weighted by Crippen LogP contribution is -2.40. The van der Waals surface area contributed by atoms with E-state index in [0.29, 0.717) is 12.4 Å². The molecule has 1 aromatic heterocycles. The van der Waals surface area contributed by atoms with Gasteiger partial charge in [-0.3, -0.25) is 4.79 Å². The van der Waals surface area contributed by atoms with Gasteiger partial charge >= 0.3 is 11.9 Å². The third-order valence-electron chi connectivity index (χ3n) is 4.01. The molecule has 1 fully saturated rings. The van der Waals surface area contributed by atoms with Crippen molar-refractivity contribution in [2.45, 2.75) is 32.1 Å². The van der Waals surface area contributed by atoms with Gasteiger partial charge in [-0.15, -0.1) is 0 Å². The highest BCUT2D eigenvalue weighted by atomic mass is 16.5. The summed E-state index contributed by atoms with van der Waals surface area (Å²) in [5.41, 5.74) is -0.552. The summed E-state index contributed by atoms with van der Waals surface area (Å²) in [4.78, 5) is 27.0. The maximum atomic E-state index is 12.1. The van der Waals surface area contributed by atoms with Crippen LogP contribution in [0.1, 0.15) is 42.6 Å². The number of hydrogen-bond donors (Lipinski definition) is 2. The van der Waals surface area contributed by atoms with Crippen LogP contribution in [0.3, 0.4) is 0 Å². The molecule has 0 unspecified atom stereocenters. The molecule has 1 aliphatic carbocycles. The van der Waals surface area contributed by atoms with Crippen LogP contribution < -0.4 is 5.32 Å². The molecule has 0 bridgehead atoms. The van der Waals surface area contributed by atoms with Gasteiger partial charge in [0.05, 0.1) is 12.5 Å². The molecular formula is C15H20N2O4. The van der Waals surface area contributed by atoms with Crippen LogP contribution in [-0.2, 0) is 9.53 Å². The molecule has 2 N–H and O–H groups in total. The molecule has 0 radical (unpaired) electrons. The number of aromatic carboxylic acids is 1. The first-order valence-corrected chi connectivity index (χ1v) is 7.10. The van der Waals surface area contributed by atoms with Gasteiger partial charge < -0.3 is 15.2 Å². The lowest BCUT2D eigenvalue weighted by Gasteiger charge is -2.34. The number of carbonyl (C=O) groups excluding carboxylic acids is 1. The Kier molecular flexibility index (Phi) is 4.77. The number of aromatic nitrogens is 1. The summed E-state index contributed by atoms with van der Waals surface area (Å²) in [6.07, 6.45) is 4.70. The number of anilines is 1. The van der Waals surface area contributed by atoms with Gasteiger partial charge in [0.25, 0.3) is 0 Å². The van der Waals surface area contributed by atoms with Gasteiger partial charge in [-0.05, 0) is 25.0 Å². The molecule has 0 amide bonds. The second-order valence-electron chi connectivity index (χ2n) is 5.40. The van der Waals surface area contributed by atoms with Crippen molar-refractivity contribution >= 4 is 17.8 Å². The van der Waals surface area contributed by atoms with Crippen molar-refractivity contribution in [3.63, 3.8) is 0 Å². The Balaban J connectivity index is 2.10. The molecule has 2 rings (SSSR count). The fraction of sp³-hybridized carbons (Fsp3) is 0.533. The Morgan fingerprint density at radius 2 is 2.05 bits per heavy atom. The number of esters is 1. The van der Waals surface area contributed by atoms with Crippen LogP contribution in [0, 0.1) is 5.41 Å². The molecule has 21 heavy (non-hydrogen) atoms. The smallest absolute Gasteiger partial charge is 0.354 e. The molecule has 0 aliphatic heterocycles. The Hall–Kier alpha value is -2.11. The number of hydrogen-bond acceptors (Lipinski definition) is 5. The molecule has 6 heteroatoms. The number of pyridine rings is 1. The second-order valence-corrected chi connectivity index (χ2v) is 5.40. The average molecular weight is 292 g/mol. The summed E-state index contributed by atoms with van der Waals surface area (Å²) in [6.45, 7) is 0.412. The zero-order chi connectivity index (χ0) is 15.3. The molecule has 0 aromatic carbocycles. The minimum absolute atomic E-state index is 0.0178. The summed E-state index contributed by atoms with van der Waals surface area (Å²) in [6, 6.07) is 4.76. The Morgan fingerprint density at radius 1 is 1.33 bits per heavy atom. The van der Waals surface area contributed by atoms with Crippen LogP contribution in [0.25, 0.3) is 0 Å². The fourth-order valence-corrected chi connectivity index (χ4v) is 2.81. The summed E-state index contributed by atoms with van der Waals surface area (Å²) >= 11 is 0. The normalized spacial score (nSPS) is 17.0. The number of methoxy groups -OCH3 is 1. The molecule has 1 aromatic rings. The van der Waals surface area contributed by atoms with Crippen LogP contribution >= 0.6 is 0 Å². The van der Waals surface area contributed by atoms with Crippen molar-refractivity contribution in [2.24, 2.45) is 5.41 Å². The summed E-state index contributed by atoms with van der Waals surface area (Å²) in [7, 11) is 1.40. The van der Waals surface area contributed by atoms with Crippen molar-refractivity contribution in [1.29, 1.82) is 0 Å².